The molecular formula is C28H37ClFN3O2. The molecule has 1 N–H and O–H groups in total. The highest BCUT2D eigenvalue weighted by Gasteiger charge is 2.61. The third kappa shape index (κ3) is 3.53. The van der Waals surface area contributed by atoms with Crippen LogP contribution in [0.1, 0.15) is 78.6 Å². The third-order valence-corrected chi connectivity index (χ3v) is 11.5. The first-order valence-electron chi connectivity index (χ1n) is 13.5. The van der Waals surface area contributed by atoms with Crippen molar-refractivity contribution in [2.45, 2.75) is 90.7 Å². The number of ketones is 1. The highest BCUT2D eigenvalue weighted by Crippen LogP contribution is 2.68. The highest BCUT2D eigenvalue weighted by molar-refractivity contribution is 6.31. The summed E-state index contributed by atoms with van der Waals surface area (Å²) in [6.45, 7) is 6.91. The van der Waals surface area contributed by atoms with Crippen LogP contribution >= 0.6 is 11.6 Å². The van der Waals surface area contributed by atoms with E-state index >= 15 is 0 Å². The van der Waals surface area contributed by atoms with Crippen molar-refractivity contribution < 1.29 is 14.3 Å². The minimum absolute atomic E-state index is 0.00577. The number of benzene rings is 1. The first kappa shape index (κ1) is 23.8. The lowest BCUT2D eigenvalue weighted by Gasteiger charge is -2.61. The Kier molecular flexibility index (Phi) is 5.44. The Morgan fingerprint density at radius 1 is 1.09 bits per heavy atom. The molecule has 0 unspecified atom stereocenters. The average molecular weight is 502 g/mol. The summed E-state index contributed by atoms with van der Waals surface area (Å²) < 4.78 is 16.1. The number of Topliss-reactive ketones (excluding diaryl/α,β-unsaturated/α-hetero) is 1. The standard InChI is InChI=1S/C28H37ClFN3O2/c1-26(35)12-13-27(2)16(14-26)4-5-17-18-6-7-20(28(18,3)11-10-19(17)27)23(34)15-33-25-22(31-32-33)9-8-21(29)24(25)30/h8-9,16-20,35H,4-7,10-15H2,1-3H3/t16-,17+,18+,19+,20-,26-,27+,28+/m1/s1. The Hall–Kier alpha value is -1.53. The Morgan fingerprint density at radius 3 is 2.66 bits per heavy atom. The molecule has 6 rings (SSSR count). The van der Waals surface area contributed by atoms with Gasteiger partial charge >= 0.3 is 0 Å². The summed E-state index contributed by atoms with van der Waals surface area (Å²) in [4.78, 5) is 13.7. The molecule has 2 aromatic rings. The predicted molar refractivity (Wildman–Crippen MR) is 133 cm³/mol. The number of hydrogen-bond acceptors (Lipinski definition) is 4. The Morgan fingerprint density at radius 2 is 1.86 bits per heavy atom. The van der Waals surface area contributed by atoms with Crippen LogP contribution in [0.4, 0.5) is 4.39 Å². The number of halogens is 2. The van der Waals surface area contributed by atoms with Gasteiger partial charge in [-0.3, -0.25) is 4.79 Å². The molecule has 1 aromatic carbocycles. The van der Waals surface area contributed by atoms with E-state index in [9.17, 15) is 14.3 Å². The first-order chi connectivity index (χ1) is 16.5. The molecule has 35 heavy (non-hydrogen) atoms. The molecule has 0 amide bonds. The summed E-state index contributed by atoms with van der Waals surface area (Å²) in [6.07, 6.45) is 9.63. The maximum Gasteiger partial charge on any atom is 0.169 e. The van der Waals surface area contributed by atoms with E-state index in [1.807, 2.05) is 6.92 Å². The molecule has 0 aliphatic heterocycles. The molecule has 4 aliphatic carbocycles. The van der Waals surface area contributed by atoms with Gasteiger partial charge in [0.1, 0.15) is 17.6 Å². The number of carbonyl (C=O) groups excluding carboxylic acids is 1. The zero-order valence-electron chi connectivity index (χ0n) is 21.1. The molecule has 1 heterocycles. The summed E-state index contributed by atoms with van der Waals surface area (Å²) in [5, 5.41) is 18.9. The average Bonchev–Trinajstić information content (AvgIpc) is 3.37. The quantitative estimate of drug-likeness (QED) is 0.543. The fraction of sp³-hybridized carbons (Fsp3) is 0.750. The van der Waals surface area contributed by atoms with Crippen LogP contribution in [-0.4, -0.2) is 31.5 Å². The number of aliphatic hydroxyl groups is 1. The smallest absolute Gasteiger partial charge is 0.169 e. The third-order valence-electron chi connectivity index (χ3n) is 11.2. The van der Waals surface area contributed by atoms with Gasteiger partial charge in [-0.1, -0.05) is 30.7 Å². The van der Waals surface area contributed by atoms with E-state index in [-0.39, 0.29) is 34.2 Å². The molecule has 4 fully saturated rings. The molecule has 0 saturated heterocycles. The van der Waals surface area contributed by atoms with Crippen molar-refractivity contribution in [1.29, 1.82) is 0 Å². The summed E-state index contributed by atoms with van der Waals surface area (Å²) in [7, 11) is 0. The second-order valence-corrected chi connectivity index (χ2v) is 13.4. The van der Waals surface area contributed by atoms with E-state index < -0.39 is 11.4 Å². The fourth-order valence-electron chi connectivity index (χ4n) is 9.33. The van der Waals surface area contributed by atoms with Crippen LogP contribution in [-0.2, 0) is 11.3 Å². The lowest BCUT2D eigenvalue weighted by molar-refractivity contribution is -0.151. The van der Waals surface area contributed by atoms with E-state index in [4.69, 9.17) is 11.6 Å². The molecule has 0 bridgehead atoms. The molecule has 4 aliphatic rings. The SMILES string of the molecule is C[C@@]1(O)CC[C@@]2(C)[C@H](CC[C@@H]3[C@@H]2CC[C@]2(C)[C@@H](C(=O)Cn4nnc5ccc(Cl)c(F)c54)CC[C@@H]32)C1. The molecule has 7 heteroatoms. The maximum absolute atomic E-state index is 14.7. The van der Waals surface area contributed by atoms with Gasteiger partial charge < -0.3 is 5.11 Å². The Balaban J connectivity index is 1.23. The summed E-state index contributed by atoms with van der Waals surface area (Å²) in [5.74, 6) is 2.10. The van der Waals surface area contributed by atoms with Gasteiger partial charge in [-0.25, -0.2) is 9.07 Å². The van der Waals surface area contributed by atoms with Crippen molar-refractivity contribution in [2.24, 2.45) is 40.4 Å². The predicted octanol–water partition coefficient (Wildman–Crippen LogP) is 6.20. The molecule has 5 nitrogen and oxygen atoms in total. The number of fused-ring (bicyclic) bond motifs is 6. The second kappa shape index (κ2) is 7.98. The zero-order chi connectivity index (χ0) is 24.8. The van der Waals surface area contributed by atoms with Crippen molar-refractivity contribution in [1.82, 2.24) is 15.0 Å². The molecule has 0 radical (unpaired) electrons. The van der Waals surface area contributed by atoms with Gasteiger partial charge in [0.2, 0.25) is 0 Å². The zero-order valence-corrected chi connectivity index (χ0v) is 21.8. The van der Waals surface area contributed by atoms with Crippen LogP contribution in [0.25, 0.3) is 11.0 Å². The van der Waals surface area contributed by atoms with Crippen LogP contribution in [0.3, 0.4) is 0 Å². The molecule has 0 spiro atoms. The second-order valence-electron chi connectivity index (χ2n) is 13.0. The molecular weight excluding hydrogens is 465 g/mol. The molecule has 190 valence electrons. The number of aromatic nitrogens is 3. The Labute approximate surface area is 211 Å². The normalized spacial score (nSPS) is 43.0. The lowest BCUT2D eigenvalue weighted by atomic mass is 9.44. The number of rotatable bonds is 3. The van der Waals surface area contributed by atoms with Crippen molar-refractivity contribution in [3.63, 3.8) is 0 Å². The van der Waals surface area contributed by atoms with E-state index in [0.29, 0.717) is 34.6 Å². The number of nitrogens with zero attached hydrogens (tertiary/aromatic N) is 3. The van der Waals surface area contributed by atoms with Crippen LogP contribution in [0.5, 0.6) is 0 Å². The van der Waals surface area contributed by atoms with E-state index in [2.05, 4.69) is 24.2 Å². The topological polar surface area (TPSA) is 68.0 Å². The van der Waals surface area contributed by atoms with Crippen molar-refractivity contribution in [2.75, 3.05) is 0 Å². The van der Waals surface area contributed by atoms with Gasteiger partial charge in [-0.2, -0.15) is 0 Å². The van der Waals surface area contributed by atoms with E-state index in [1.165, 1.54) is 30.0 Å². The van der Waals surface area contributed by atoms with Crippen LogP contribution < -0.4 is 0 Å². The Bertz CT molecular complexity index is 1180. The van der Waals surface area contributed by atoms with E-state index in [1.54, 1.807) is 6.07 Å². The van der Waals surface area contributed by atoms with Crippen LogP contribution in [0, 0.1) is 46.2 Å². The summed E-state index contributed by atoms with van der Waals surface area (Å²) >= 11 is 5.99. The van der Waals surface area contributed by atoms with Gasteiger partial charge in [0.05, 0.1) is 10.6 Å². The van der Waals surface area contributed by atoms with Gasteiger partial charge in [0.15, 0.2) is 11.6 Å². The minimum Gasteiger partial charge on any atom is -0.390 e. The van der Waals surface area contributed by atoms with Crippen LogP contribution in [0.15, 0.2) is 12.1 Å². The summed E-state index contributed by atoms with van der Waals surface area (Å²) in [6, 6.07) is 3.12. The van der Waals surface area contributed by atoms with Gasteiger partial charge in [0.25, 0.3) is 0 Å². The minimum atomic E-state index is -0.561. The van der Waals surface area contributed by atoms with Gasteiger partial charge in [-0.05, 0) is 111 Å². The summed E-state index contributed by atoms with van der Waals surface area (Å²) in [5.41, 5.74) is 0.431. The largest absolute Gasteiger partial charge is 0.390 e. The molecule has 4 saturated carbocycles. The highest BCUT2D eigenvalue weighted by atomic mass is 35.5. The van der Waals surface area contributed by atoms with Gasteiger partial charge in [0, 0.05) is 5.92 Å². The van der Waals surface area contributed by atoms with Crippen molar-refractivity contribution in [3.05, 3.63) is 23.0 Å². The maximum atomic E-state index is 14.7. The fourth-order valence-corrected chi connectivity index (χ4v) is 9.48. The van der Waals surface area contributed by atoms with Crippen LogP contribution in [0.2, 0.25) is 5.02 Å². The monoisotopic (exact) mass is 501 g/mol. The molecule has 8 atom stereocenters. The van der Waals surface area contributed by atoms with Crippen molar-refractivity contribution >= 4 is 28.4 Å². The molecule has 1 aromatic heterocycles. The lowest BCUT2D eigenvalue weighted by Crippen LogP contribution is -2.55. The number of carbonyl (C=O) groups is 1. The first-order valence-corrected chi connectivity index (χ1v) is 13.8. The van der Waals surface area contributed by atoms with E-state index in [0.717, 1.165) is 38.5 Å². The number of hydrogen-bond donors (Lipinski definition) is 1. The van der Waals surface area contributed by atoms with Crippen molar-refractivity contribution in [3.8, 4) is 0 Å². The van der Waals surface area contributed by atoms with Gasteiger partial charge in [-0.15, -0.1) is 5.10 Å².